The number of nitrogens with zero attached hydrogens (tertiary/aromatic N) is 2. The second-order valence-electron chi connectivity index (χ2n) is 4.35. The van der Waals surface area contributed by atoms with Crippen LogP contribution in [0, 0.1) is 11.3 Å². The maximum Gasteiger partial charge on any atom is 0.111 e. The number of thiazole rings is 1. The summed E-state index contributed by atoms with van der Waals surface area (Å²) in [6, 6.07) is 10.2. The molecule has 96 valence electrons. The van der Waals surface area contributed by atoms with E-state index in [0.717, 1.165) is 28.6 Å². The Kier molecular flexibility index (Phi) is 3.83. The van der Waals surface area contributed by atoms with Crippen molar-refractivity contribution in [1.29, 1.82) is 5.26 Å². The van der Waals surface area contributed by atoms with Gasteiger partial charge in [0.15, 0.2) is 0 Å². The summed E-state index contributed by atoms with van der Waals surface area (Å²) in [6.45, 7) is 1.05. The molecule has 5 heteroatoms. The Bertz CT molecular complexity index is 609. The third-order valence-corrected chi connectivity index (χ3v) is 5.05. The molecule has 0 radical (unpaired) electrons. The molecule has 1 aliphatic heterocycles. The highest BCUT2D eigenvalue weighted by molar-refractivity contribution is 7.99. The van der Waals surface area contributed by atoms with E-state index in [4.69, 9.17) is 10.2 Å². The molecule has 1 atom stereocenters. The lowest BCUT2D eigenvalue weighted by Crippen LogP contribution is -2.30. The van der Waals surface area contributed by atoms with Crippen molar-refractivity contribution < 1.29 is 0 Å². The third kappa shape index (κ3) is 2.81. The van der Waals surface area contributed by atoms with Crippen molar-refractivity contribution in [2.75, 3.05) is 18.1 Å². The van der Waals surface area contributed by atoms with Gasteiger partial charge in [-0.05, 0) is 12.1 Å². The molecule has 0 saturated carbocycles. The van der Waals surface area contributed by atoms with Gasteiger partial charge in [-0.15, -0.1) is 11.3 Å². The lowest BCUT2D eigenvalue weighted by atomic mass is 10.1. The molecule has 1 aromatic carbocycles. The predicted octanol–water partition coefficient (Wildman–Crippen LogP) is 3.06. The van der Waals surface area contributed by atoms with Crippen LogP contribution in [-0.4, -0.2) is 23.0 Å². The minimum atomic E-state index is 0.372. The topological polar surface area (TPSA) is 48.7 Å². The number of benzene rings is 1. The number of nitriles is 1. The number of thioether (sulfide) groups is 1. The maximum absolute atomic E-state index is 8.94. The Morgan fingerprint density at radius 1 is 1.42 bits per heavy atom. The predicted molar refractivity (Wildman–Crippen MR) is 80.3 cm³/mol. The normalized spacial score (nSPS) is 19.0. The molecule has 0 aliphatic carbocycles. The zero-order chi connectivity index (χ0) is 13.1. The Balaban J connectivity index is 1.86. The highest BCUT2D eigenvalue weighted by Gasteiger charge is 2.18. The highest BCUT2D eigenvalue weighted by atomic mass is 32.2. The summed E-state index contributed by atoms with van der Waals surface area (Å²) in [5, 5.41) is 15.7. The van der Waals surface area contributed by atoms with Crippen LogP contribution in [0.2, 0.25) is 0 Å². The van der Waals surface area contributed by atoms with Gasteiger partial charge in [-0.25, -0.2) is 4.98 Å². The molecule has 0 spiro atoms. The molecular weight excluding hydrogens is 274 g/mol. The van der Waals surface area contributed by atoms with E-state index < -0.39 is 0 Å². The van der Waals surface area contributed by atoms with Gasteiger partial charge >= 0.3 is 0 Å². The van der Waals surface area contributed by atoms with Crippen molar-refractivity contribution in [2.45, 2.75) is 6.04 Å². The van der Waals surface area contributed by atoms with E-state index in [1.807, 2.05) is 36.0 Å². The van der Waals surface area contributed by atoms with Gasteiger partial charge in [0, 0.05) is 29.0 Å². The molecule has 3 nitrogen and oxygen atoms in total. The van der Waals surface area contributed by atoms with Crippen LogP contribution in [0.5, 0.6) is 0 Å². The summed E-state index contributed by atoms with van der Waals surface area (Å²) in [6.07, 6.45) is 0. The number of nitrogens with one attached hydrogen (secondary N) is 1. The zero-order valence-electron chi connectivity index (χ0n) is 10.3. The standard InChI is InChI=1S/C14H13N3S2/c15-7-10-2-1-3-11(6-10)12-9-19-14(17-12)13-8-18-5-4-16-13/h1-3,6,9,13,16H,4-5,8H2. The fraction of sp³-hybridized carbons (Fsp3) is 0.286. The molecule has 1 saturated heterocycles. The first-order chi connectivity index (χ1) is 9.36. The number of hydrogen-bond acceptors (Lipinski definition) is 5. The van der Waals surface area contributed by atoms with Gasteiger partial charge in [0.05, 0.1) is 23.4 Å². The van der Waals surface area contributed by atoms with Crippen LogP contribution in [0.1, 0.15) is 16.6 Å². The van der Waals surface area contributed by atoms with Crippen molar-refractivity contribution >= 4 is 23.1 Å². The van der Waals surface area contributed by atoms with E-state index in [1.54, 1.807) is 11.3 Å². The molecule has 2 heterocycles. The van der Waals surface area contributed by atoms with Gasteiger partial charge in [0.2, 0.25) is 0 Å². The van der Waals surface area contributed by atoms with Crippen molar-refractivity contribution in [3.8, 4) is 17.3 Å². The van der Waals surface area contributed by atoms with E-state index in [9.17, 15) is 0 Å². The molecule has 2 aromatic rings. The molecule has 0 bridgehead atoms. The van der Waals surface area contributed by atoms with E-state index in [0.29, 0.717) is 11.6 Å². The van der Waals surface area contributed by atoms with Crippen LogP contribution in [-0.2, 0) is 0 Å². The van der Waals surface area contributed by atoms with Gasteiger partial charge in [-0.1, -0.05) is 12.1 Å². The lowest BCUT2D eigenvalue weighted by molar-refractivity contribution is 0.592. The fourth-order valence-electron chi connectivity index (χ4n) is 2.05. The van der Waals surface area contributed by atoms with E-state index >= 15 is 0 Å². The van der Waals surface area contributed by atoms with Crippen LogP contribution in [0.3, 0.4) is 0 Å². The highest BCUT2D eigenvalue weighted by Crippen LogP contribution is 2.29. The quantitative estimate of drug-likeness (QED) is 0.922. The zero-order valence-corrected chi connectivity index (χ0v) is 11.9. The number of rotatable bonds is 2. The van der Waals surface area contributed by atoms with Gasteiger partial charge < -0.3 is 5.32 Å². The average molecular weight is 287 g/mol. The molecule has 3 rings (SSSR count). The molecule has 1 fully saturated rings. The molecule has 0 amide bonds. The fourth-order valence-corrected chi connectivity index (χ4v) is 4.00. The molecule has 1 aromatic heterocycles. The Hall–Kier alpha value is -1.35. The molecule has 1 unspecified atom stereocenters. The minimum Gasteiger partial charge on any atom is -0.306 e. The summed E-state index contributed by atoms with van der Waals surface area (Å²) >= 11 is 3.66. The van der Waals surface area contributed by atoms with Crippen molar-refractivity contribution in [1.82, 2.24) is 10.3 Å². The largest absolute Gasteiger partial charge is 0.306 e. The summed E-state index contributed by atoms with van der Waals surface area (Å²) < 4.78 is 0. The van der Waals surface area contributed by atoms with E-state index in [1.165, 1.54) is 5.75 Å². The second-order valence-corrected chi connectivity index (χ2v) is 6.38. The smallest absolute Gasteiger partial charge is 0.111 e. The Morgan fingerprint density at radius 3 is 3.16 bits per heavy atom. The lowest BCUT2D eigenvalue weighted by Gasteiger charge is -2.20. The van der Waals surface area contributed by atoms with Gasteiger partial charge in [0.25, 0.3) is 0 Å². The number of aromatic nitrogens is 1. The average Bonchev–Trinajstić information content (AvgIpc) is 2.98. The van der Waals surface area contributed by atoms with Gasteiger partial charge in [-0.3, -0.25) is 0 Å². The molecule has 1 N–H and O–H groups in total. The first kappa shape index (κ1) is 12.7. The molecular formula is C14H13N3S2. The van der Waals surface area contributed by atoms with Crippen molar-refractivity contribution in [2.24, 2.45) is 0 Å². The number of hydrogen-bond donors (Lipinski definition) is 1. The second kappa shape index (κ2) is 5.74. The summed E-state index contributed by atoms with van der Waals surface area (Å²) in [4.78, 5) is 4.71. The van der Waals surface area contributed by atoms with Crippen LogP contribution in [0.25, 0.3) is 11.3 Å². The Labute approximate surface area is 120 Å². The van der Waals surface area contributed by atoms with Crippen LogP contribution in [0.4, 0.5) is 0 Å². The first-order valence-electron chi connectivity index (χ1n) is 6.14. The van der Waals surface area contributed by atoms with Gasteiger partial charge in [0.1, 0.15) is 5.01 Å². The SMILES string of the molecule is N#Cc1cccc(-c2csc(C3CSCCN3)n2)c1. The molecule has 1 aliphatic rings. The Morgan fingerprint density at radius 2 is 2.37 bits per heavy atom. The van der Waals surface area contributed by atoms with Gasteiger partial charge in [-0.2, -0.15) is 17.0 Å². The summed E-state index contributed by atoms with van der Waals surface area (Å²) in [5.74, 6) is 2.27. The third-order valence-electron chi connectivity index (χ3n) is 3.03. The maximum atomic E-state index is 8.94. The van der Waals surface area contributed by atoms with Crippen LogP contribution < -0.4 is 5.32 Å². The van der Waals surface area contributed by atoms with Crippen molar-refractivity contribution in [3.05, 3.63) is 40.2 Å². The van der Waals surface area contributed by atoms with E-state index in [-0.39, 0.29) is 0 Å². The molecule has 19 heavy (non-hydrogen) atoms. The summed E-state index contributed by atoms with van der Waals surface area (Å²) in [7, 11) is 0. The van der Waals surface area contributed by atoms with Crippen LogP contribution in [0.15, 0.2) is 29.6 Å². The first-order valence-corrected chi connectivity index (χ1v) is 8.17. The van der Waals surface area contributed by atoms with Crippen molar-refractivity contribution in [3.63, 3.8) is 0 Å². The minimum absolute atomic E-state index is 0.372. The summed E-state index contributed by atoms with van der Waals surface area (Å²) in [5.41, 5.74) is 2.66. The van der Waals surface area contributed by atoms with Crippen LogP contribution >= 0.6 is 23.1 Å². The monoisotopic (exact) mass is 287 g/mol. The van der Waals surface area contributed by atoms with E-state index in [2.05, 4.69) is 16.8 Å².